The normalized spacial score (nSPS) is 13.6. The smallest absolute Gasteiger partial charge is 0.243 e. The van der Waals surface area contributed by atoms with Crippen molar-refractivity contribution in [2.45, 2.75) is 12.8 Å². The molecule has 1 N–H and O–H groups in total. The number of carbonyl (C=O) groups is 1. The molecule has 114 valence electrons. The Hall–Kier alpha value is -2.07. The van der Waals surface area contributed by atoms with E-state index in [0.29, 0.717) is 5.69 Å². The first-order valence-corrected chi connectivity index (χ1v) is 7.59. The highest BCUT2D eigenvalue weighted by Gasteiger charge is 2.19. The maximum Gasteiger partial charge on any atom is 0.243 e. The first-order valence-electron chi connectivity index (χ1n) is 7.21. The molecule has 0 unspecified atom stereocenters. The Morgan fingerprint density at radius 3 is 2.91 bits per heavy atom. The van der Waals surface area contributed by atoms with Crippen LogP contribution in [0, 0.1) is 5.82 Å². The number of benzene rings is 2. The van der Waals surface area contributed by atoms with E-state index >= 15 is 0 Å². The molecule has 1 heterocycles. The molecule has 5 heteroatoms. The lowest BCUT2D eigenvalue weighted by Crippen LogP contribution is -2.36. The predicted octanol–water partition coefficient (Wildman–Crippen LogP) is 3.87. The minimum Gasteiger partial charge on any atom is -0.362 e. The van der Waals surface area contributed by atoms with Gasteiger partial charge in [-0.15, -0.1) is 0 Å². The second-order valence-electron chi connectivity index (χ2n) is 5.33. The molecular weight excluding hydrogens is 303 g/mol. The van der Waals surface area contributed by atoms with Gasteiger partial charge >= 0.3 is 0 Å². The molecule has 2 aromatic rings. The van der Waals surface area contributed by atoms with Gasteiger partial charge < -0.3 is 10.2 Å². The van der Waals surface area contributed by atoms with Crippen LogP contribution in [0.3, 0.4) is 0 Å². The molecular formula is C17H16ClFN2O. The molecule has 0 saturated heterocycles. The second kappa shape index (κ2) is 6.36. The Balaban J connectivity index is 1.70. The highest BCUT2D eigenvalue weighted by atomic mass is 35.5. The van der Waals surface area contributed by atoms with Crippen LogP contribution in [0.2, 0.25) is 5.02 Å². The van der Waals surface area contributed by atoms with Crippen LogP contribution in [-0.4, -0.2) is 19.0 Å². The maximum atomic E-state index is 13.0. The summed E-state index contributed by atoms with van der Waals surface area (Å²) in [5.74, 6) is -0.585. The van der Waals surface area contributed by atoms with Crippen molar-refractivity contribution < 1.29 is 9.18 Å². The first-order chi connectivity index (χ1) is 10.6. The Morgan fingerprint density at radius 2 is 2.09 bits per heavy atom. The Bertz CT molecular complexity index is 705. The van der Waals surface area contributed by atoms with Crippen LogP contribution in [0.1, 0.15) is 12.0 Å². The lowest BCUT2D eigenvalue weighted by molar-refractivity contribution is -0.115. The van der Waals surface area contributed by atoms with Crippen molar-refractivity contribution in [1.82, 2.24) is 0 Å². The molecule has 0 aliphatic carbocycles. The van der Waals surface area contributed by atoms with Crippen molar-refractivity contribution in [2.24, 2.45) is 0 Å². The van der Waals surface area contributed by atoms with Gasteiger partial charge in [-0.1, -0.05) is 29.8 Å². The number of nitrogens with one attached hydrogen (secondary N) is 1. The van der Waals surface area contributed by atoms with E-state index < -0.39 is 5.82 Å². The number of hydrogen-bond donors (Lipinski definition) is 1. The summed E-state index contributed by atoms with van der Waals surface area (Å²) < 4.78 is 13.0. The zero-order valence-corrected chi connectivity index (χ0v) is 12.7. The van der Waals surface area contributed by atoms with E-state index in [1.165, 1.54) is 23.8 Å². The molecule has 1 aliphatic rings. The van der Waals surface area contributed by atoms with Gasteiger partial charge in [-0.3, -0.25) is 4.79 Å². The standard InChI is InChI=1S/C17H16ClFN2O/c18-14-10-13(19)7-8-15(14)20-17(22)11-21-9-3-5-12-4-1-2-6-16(12)21/h1-2,4,6-8,10H,3,5,9,11H2,(H,20,22). The molecule has 1 amide bonds. The van der Waals surface area contributed by atoms with E-state index in [2.05, 4.69) is 16.3 Å². The molecule has 0 bridgehead atoms. The van der Waals surface area contributed by atoms with Gasteiger partial charge in [0.05, 0.1) is 17.3 Å². The highest BCUT2D eigenvalue weighted by molar-refractivity contribution is 6.33. The third kappa shape index (κ3) is 3.22. The molecule has 0 saturated carbocycles. The quantitative estimate of drug-likeness (QED) is 0.931. The third-order valence-corrected chi connectivity index (χ3v) is 4.06. The maximum absolute atomic E-state index is 13.0. The summed E-state index contributed by atoms with van der Waals surface area (Å²) in [6.07, 6.45) is 2.07. The molecule has 3 nitrogen and oxygen atoms in total. The van der Waals surface area contributed by atoms with Gasteiger partial charge in [-0.25, -0.2) is 4.39 Å². The van der Waals surface area contributed by atoms with Gasteiger partial charge in [-0.05, 0) is 42.7 Å². The number of halogens is 2. The minimum atomic E-state index is -0.423. The van der Waals surface area contributed by atoms with E-state index in [9.17, 15) is 9.18 Å². The van der Waals surface area contributed by atoms with Crippen LogP contribution in [0.25, 0.3) is 0 Å². The summed E-state index contributed by atoms with van der Waals surface area (Å²) in [7, 11) is 0. The van der Waals surface area contributed by atoms with Gasteiger partial charge in [-0.2, -0.15) is 0 Å². The number of nitrogens with zero attached hydrogens (tertiary/aromatic N) is 1. The Kier molecular flexibility index (Phi) is 4.29. The summed E-state index contributed by atoms with van der Waals surface area (Å²) in [6, 6.07) is 12.1. The van der Waals surface area contributed by atoms with Gasteiger partial charge in [0, 0.05) is 12.2 Å². The first kappa shape index (κ1) is 14.9. The second-order valence-corrected chi connectivity index (χ2v) is 5.73. The fourth-order valence-corrected chi connectivity index (χ4v) is 2.94. The zero-order valence-electron chi connectivity index (χ0n) is 12.0. The summed E-state index contributed by atoms with van der Waals surface area (Å²) in [5, 5.41) is 2.94. The van der Waals surface area contributed by atoms with E-state index in [4.69, 9.17) is 11.6 Å². The average Bonchev–Trinajstić information content (AvgIpc) is 2.50. The number of hydrogen-bond acceptors (Lipinski definition) is 2. The number of para-hydroxylation sites is 1. The van der Waals surface area contributed by atoms with E-state index in [-0.39, 0.29) is 17.5 Å². The number of amides is 1. The van der Waals surface area contributed by atoms with E-state index in [0.717, 1.165) is 25.1 Å². The highest BCUT2D eigenvalue weighted by Crippen LogP contribution is 2.27. The predicted molar refractivity (Wildman–Crippen MR) is 87.0 cm³/mol. The molecule has 3 rings (SSSR count). The van der Waals surface area contributed by atoms with Crippen LogP contribution in [0.5, 0.6) is 0 Å². The molecule has 1 aliphatic heterocycles. The van der Waals surface area contributed by atoms with E-state index in [1.54, 1.807) is 0 Å². The van der Waals surface area contributed by atoms with Crippen molar-refractivity contribution in [1.29, 1.82) is 0 Å². The van der Waals surface area contributed by atoms with Crippen molar-refractivity contribution in [2.75, 3.05) is 23.3 Å². The van der Waals surface area contributed by atoms with Crippen LogP contribution in [-0.2, 0) is 11.2 Å². The van der Waals surface area contributed by atoms with Crippen molar-refractivity contribution in [3.63, 3.8) is 0 Å². The molecule has 0 aromatic heterocycles. The third-order valence-electron chi connectivity index (χ3n) is 3.75. The van der Waals surface area contributed by atoms with Crippen molar-refractivity contribution >= 4 is 28.9 Å². The van der Waals surface area contributed by atoms with Crippen LogP contribution < -0.4 is 10.2 Å². The van der Waals surface area contributed by atoms with Crippen LogP contribution in [0.15, 0.2) is 42.5 Å². The lowest BCUT2D eigenvalue weighted by Gasteiger charge is -2.30. The minimum absolute atomic E-state index is 0.162. The molecule has 0 atom stereocenters. The largest absolute Gasteiger partial charge is 0.362 e. The summed E-state index contributed by atoms with van der Waals surface area (Å²) in [4.78, 5) is 14.3. The van der Waals surface area contributed by atoms with Crippen LogP contribution >= 0.6 is 11.6 Å². The number of aryl methyl sites for hydroxylation is 1. The zero-order chi connectivity index (χ0) is 15.5. The number of rotatable bonds is 3. The fourth-order valence-electron chi connectivity index (χ4n) is 2.73. The van der Waals surface area contributed by atoms with Gasteiger partial charge in [0.2, 0.25) is 5.91 Å². The van der Waals surface area contributed by atoms with Gasteiger partial charge in [0.25, 0.3) is 0 Å². The number of carbonyl (C=O) groups excluding carboxylic acids is 1. The SMILES string of the molecule is O=C(CN1CCCc2ccccc21)Nc1ccc(F)cc1Cl. The number of fused-ring (bicyclic) bond motifs is 1. The molecule has 0 fully saturated rings. The molecule has 22 heavy (non-hydrogen) atoms. The monoisotopic (exact) mass is 318 g/mol. The topological polar surface area (TPSA) is 32.3 Å². The van der Waals surface area contributed by atoms with Gasteiger partial charge in [0.1, 0.15) is 5.82 Å². The average molecular weight is 319 g/mol. The van der Waals surface area contributed by atoms with E-state index in [1.807, 2.05) is 18.2 Å². The van der Waals surface area contributed by atoms with Crippen molar-refractivity contribution in [3.8, 4) is 0 Å². The lowest BCUT2D eigenvalue weighted by atomic mass is 10.0. The van der Waals surface area contributed by atoms with Crippen molar-refractivity contribution in [3.05, 3.63) is 58.9 Å². The Labute approximate surface area is 133 Å². The Morgan fingerprint density at radius 1 is 1.27 bits per heavy atom. The fraction of sp³-hybridized carbons (Fsp3) is 0.235. The van der Waals surface area contributed by atoms with Gasteiger partial charge in [0.15, 0.2) is 0 Å². The summed E-state index contributed by atoms with van der Waals surface area (Å²) in [5.41, 5.74) is 2.80. The molecule has 2 aromatic carbocycles. The summed E-state index contributed by atoms with van der Waals surface area (Å²) >= 11 is 5.93. The van der Waals surface area contributed by atoms with Crippen LogP contribution in [0.4, 0.5) is 15.8 Å². The summed E-state index contributed by atoms with van der Waals surface area (Å²) in [6.45, 7) is 1.10. The molecule has 0 spiro atoms. The number of anilines is 2. The molecule has 0 radical (unpaired) electrons.